The Morgan fingerprint density at radius 1 is 1.20 bits per heavy atom. The highest BCUT2D eigenvalue weighted by atomic mass is 79.9. The molecule has 0 atom stereocenters. The molecule has 2 aromatic carbocycles. The van der Waals surface area contributed by atoms with Gasteiger partial charge in [-0.2, -0.15) is 5.26 Å². The van der Waals surface area contributed by atoms with Crippen molar-refractivity contribution in [1.29, 1.82) is 5.26 Å². The van der Waals surface area contributed by atoms with Crippen LogP contribution in [0.25, 0.3) is 11.6 Å². The highest BCUT2D eigenvalue weighted by Gasteiger charge is 2.05. The van der Waals surface area contributed by atoms with E-state index in [-0.39, 0.29) is 0 Å². The Labute approximate surface area is 127 Å². The molecule has 0 bridgehead atoms. The van der Waals surface area contributed by atoms with E-state index < -0.39 is 0 Å². The largest absolute Gasteiger partial charge is 0.507 e. The van der Waals surface area contributed by atoms with Crippen molar-refractivity contribution >= 4 is 27.6 Å². The van der Waals surface area contributed by atoms with Crippen LogP contribution in [0.4, 0.5) is 0 Å². The van der Waals surface area contributed by atoms with Crippen molar-refractivity contribution in [2.45, 2.75) is 13.8 Å². The Balaban J connectivity index is 2.50. The molecule has 0 aliphatic heterocycles. The lowest BCUT2D eigenvalue weighted by Crippen LogP contribution is -1.86. The van der Waals surface area contributed by atoms with Gasteiger partial charge in [0, 0.05) is 4.47 Å². The minimum absolute atomic E-state index is 0.308. The summed E-state index contributed by atoms with van der Waals surface area (Å²) in [7, 11) is 0. The van der Waals surface area contributed by atoms with Gasteiger partial charge in [-0.25, -0.2) is 0 Å². The molecule has 0 unspecified atom stereocenters. The number of hydrogen-bond acceptors (Lipinski definition) is 2. The van der Waals surface area contributed by atoms with Crippen LogP contribution in [0.3, 0.4) is 0 Å². The second-order valence-corrected chi connectivity index (χ2v) is 5.60. The predicted octanol–water partition coefficient (Wildman–Crippen LogP) is 4.84. The lowest BCUT2D eigenvalue weighted by atomic mass is 10.0. The van der Waals surface area contributed by atoms with Crippen LogP contribution in [-0.2, 0) is 0 Å². The van der Waals surface area contributed by atoms with Gasteiger partial charge < -0.3 is 5.11 Å². The van der Waals surface area contributed by atoms with Gasteiger partial charge in [-0.1, -0.05) is 28.1 Å². The van der Waals surface area contributed by atoms with Crippen LogP contribution in [0.2, 0.25) is 0 Å². The third-order valence-corrected chi connectivity index (χ3v) is 3.57. The summed E-state index contributed by atoms with van der Waals surface area (Å²) >= 11 is 3.41. The minimum Gasteiger partial charge on any atom is -0.507 e. The van der Waals surface area contributed by atoms with Crippen molar-refractivity contribution < 1.29 is 5.11 Å². The van der Waals surface area contributed by atoms with Gasteiger partial charge in [0.05, 0.1) is 11.6 Å². The summed E-state index contributed by atoms with van der Waals surface area (Å²) in [6.07, 6.45) is 1.83. The van der Waals surface area contributed by atoms with Crippen LogP contribution < -0.4 is 0 Å². The molecule has 1 N–H and O–H groups in total. The molecular weight excluding hydrogens is 314 g/mol. The molecule has 0 amide bonds. The molecule has 0 saturated heterocycles. The van der Waals surface area contributed by atoms with E-state index in [1.165, 1.54) is 0 Å². The van der Waals surface area contributed by atoms with Gasteiger partial charge >= 0.3 is 0 Å². The summed E-state index contributed by atoms with van der Waals surface area (Å²) in [5, 5.41) is 19.1. The van der Waals surface area contributed by atoms with Gasteiger partial charge in [-0.05, 0) is 66.4 Å². The van der Waals surface area contributed by atoms with Crippen molar-refractivity contribution in [2.24, 2.45) is 0 Å². The molecule has 0 aliphatic rings. The first-order valence-corrected chi connectivity index (χ1v) is 6.98. The van der Waals surface area contributed by atoms with E-state index in [2.05, 4.69) is 22.0 Å². The minimum atomic E-state index is 0.308. The van der Waals surface area contributed by atoms with Crippen molar-refractivity contribution in [2.75, 3.05) is 0 Å². The Morgan fingerprint density at radius 3 is 2.40 bits per heavy atom. The quantitative estimate of drug-likeness (QED) is 0.633. The summed E-state index contributed by atoms with van der Waals surface area (Å²) in [4.78, 5) is 0. The Morgan fingerprint density at radius 2 is 1.85 bits per heavy atom. The molecule has 2 rings (SSSR count). The van der Waals surface area contributed by atoms with Crippen molar-refractivity contribution in [1.82, 2.24) is 0 Å². The molecule has 0 fully saturated rings. The number of phenols is 1. The van der Waals surface area contributed by atoms with E-state index >= 15 is 0 Å². The van der Waals surface area contributed by atoms with Crippen LogP contribution in [0.15, 0.2) is 40.9 Å². The van der Waals surface area contributed by atoms with Gasteiger partial charge in [0.2, 0.25) is 0 Å². The maximum atomic E-state index is 9.78. The molecule has 3 heteroatoms. The topological polar surface area (TPSA) is 44.0 Å². The fraction of sp³-hybridized carbons (Fsp3) is 0.118. The Bertz CT molecular complexity index is 703. The monoisotopic (exact) mass is 327 g/mol. The Hall–Kier alpha value is -2.05. The molecule has 0 saturated carbocycles. The summed E-state index contributed by atoms with van der Waals surface area (Å²) in [5.41, 5.74) is 3.99. The van der Waals surface area contributed by atoms with E-state index in [1.807, 2.05) is 56.3 Å². The van der Waals surface area contributed by atoms with Crippen molar-refractivity contribution in [3.05, 3.63) is 63.1 Å². The van der Waals surface area contributed by atoms with E-state index in [0.29, 0.717) is 11.3 Å². The van der Waals surface area contributed by atoms with Crippen LogP contribution in [-0.4, -0.2) is 5.11 Å². The zero-order valence-electron chi connectivity index (χ0n) is 11.3. The normalized spacial score (nSPS) is 11.2. The average Bonchev–Trinajstić information content (AvgIpc) is 2.42. The second-order valence-electron chi connectivity index (χ2n) is 4.68. The fourth-order valence-corrected chi connectivity index (χ4v) is 2.47. The van der Waals surface area contributed by atoms with Crippen LogP contribution in [0.1, 0.15) is 22.3 Å². The number of aromatic hydroxyl groups is 1. The predicted molar refractivity (Wildman–Crippen MR) is 85.2 cm³/mol. The molecular formula is C17H14BrNO. The standard InChI is InChI=1S/C17H14BrNO/c1-11-6-13(7-12(2)17(11)20)8-15(10-19)14-4-3-5-16(18)9-14/h3-9,20H,1-2H3. The number of nitriles is 1. The number of aryl methyl sites for hydroxylation is 2. The maximum Gasteiger partial charge on any atom is 0.121 e. The molecule has 2 nitrogen and oxygen atoms in total. The van der Waals surface area contributed by atoms with Crippen LogP contribution in [0.5, 0.6) is 5.75 Å². The highest BCUT2D eigenvalue weighted by Crippen LogP contribution is 2.26. The van der Waals surface area contributed by atoms with Gasteiger partial charge in [0.15, 0.2) is 0 Å². The molecule has 0 aliphatic carbocycles. The number of allylic oxidation sites excluding steroid dienone is 1. The Kier molecular flexibility index (Phi) is 4.26. The highest BCUT2D eigenvalue weighted by molar-refractivity contribution is 9.10. The maximum absolute atomic E-state index is 9.78. The number of nitrogens with zero attached hydrogens (tertiary/aromatic N) is 1. The fourth-order valence-electron chi connectivity index (χ4n) is 2.08. The summed E-state index contributed by atoms with van der Waals surface area (Å²) in [6.45, 7) is 3.70. The average molecular weight is 328 g/mol. The first-order valence-electron chi connectivity index (χ1n) is 6.19. The SMILES string of the molecule is Cc1cc(C=C(C#N)c2cccc(Br)c2)cc(C)c1O. The number of phenolic OH excluding ortho intramolecular Hbond substituents is 1. The number of hydrogen-bond donors (Lipinski definition) is 1. The molecule has 0 aromatic heterocycles. The van der Waals surface area contributed by atoms with Gasteiger partial charge in [0.1, 0.15) is 5.75 Å². The smallest absolute Gasteiger partial charge is 0.121 e. The van der Waals surface area contributed by atoms with Gasteiger partial charge in [-0.3, -0.25) is 0 Å². The molecule has 100 valence electrons. The molecule has 0 radical (unpaired) electrons. The zero-order chi connectivity index (χ0) is 14.7. The molecule has 0 spiro atoms. The van der Waals surface area contributed by atoms with Gasteiger partial charge in [0.25, 0.3) is 0 Å². The molecule has 0 heterocycles. The molecule has 20 heavy (non-hydrogen) atoms. The first-order chi connectivity index (χ1) is 9.51. The second kappa shape index (κ2) is 5.94. The van der Waals surface area contributed by atoms with Crippen LogP contribution >= 0.6 is 15.9 Å². The van der Waals surface area contributed by atoms with Gasteiger partial charge in [-0.15, -0.1) is 0 Å². The van der Waals surface area contributed by atoms with E-state index in [1.54, 1.807) is 0 Å². The number of rotatable bonds is 2. The number of halogens is 1. The zero-order valence-corrected chi connectivity index (χ0v) is 12.9. The third kappa shape index (κ3) is 3.09. The summed E-state index contributed by atoms with van der Waals surface area (Å²) in [6, 6.07) is 13.6. The summed E-state index contributed by atoms with van der Waals surface area (Å²) < 4.78 is 0.939. The lowest BCUT2D eigenvalue weighted by Gasteiger charge is -2.06. The molecule has 2 aromatic rings. The third-order valence-electron chi connectivity index (χ3n) is 3.08. The van der Waals surface area contributed by atoms with E-state index in [0.717, 1.165) is 26.7 Å². The number of benzene rings is 2. The lowest BCUT2D eigenvalue weighted by molar-refractivity contribution is 0.467. The van der Waals surface area contributed by atoms with E-state index in [4.69, 9.17) is 0 Å². The van der Waals surface area contributed by atoms with Crippen molar-refractivity contribution in [3.63, 3.8) is 0 Å². The summed E-state index contributed by atoms with van der Waals surface area (Å²) in [5.74, 6) is 0.308. The first kappa shape index (κ1) is 14.4. The van der Waals surface area contributed by atoms with Crippen LogP contribution in [0, 0.1) is 25.2 Å². The van der Waals surface area contributed by atoms with E-state index in [9.17, 15) is 10.4 Å². The van der Waals surface area contributed by atoms with Crippen molar-refractivity contribution in [3.8, 4) is 11.8 Å².